The molecule has 3 aliphatic heterocycles. The fraction of sp³-hybridized carbons (Fsp3) is 0.483. The molecule has 3 aromatic rings. The van der Waals surface area contributed by atoms with Crippen LogP contribution in [0, 0.1) is 11.3 Å². The molecule has 37 heavy (non-hydrogen) atoms. The van der Waals surface area contributed by atoms with Crippen molar-refractivity contribution in [3.63, 3.8) is 0 Å². The van der Waals surface area contributed by atoms with E-state index in [0.717, 1.165) is 98.8 Å². The molecule has 0 spiro atoms. The summed E-state index contributed by atoms with van der Waals surface area (Å²) < 4.78 is 9.79. The summed E-state index contributed by atoms with van der Waals surface area (Å²) in [6.07, 6.45) is 9.68. The van der Waals surface area contributed by atoms with E-state index < -0.39 is 0 Å². The molecule has 0 amide bonds. The summed E-state index contributed by atoms with van der Waals surface area (Å²) in [6, 6.07) is 7.20. The number of fused-ring (bicyclic) bond motifs is 2. The first kappa shape index (κ1) is 23.8. The van der Waals surface area contributed by atoms with Gasteiger partial charge in [-0.1, -0.05) is 12.6 Å². The third kappa shape index (κ3) is 4.42. The van der Waals surface area contributed by atoms with Crippen LogP contribution in [-0.2, 0) is 37.6 Å². The lowest BCUT2D eigenvalue weighted by molar-refractivity contribution is 0.0651. The van der Waals surface area contributed by atoms with Gasteiger partial charge in [-0.05, 0) is 55.4 Å². The summed E-state index contributed by atoms with van der Waals surface area (Å²) in [4.78, 5) is 4.74. The summed E-state index contributed by atoms with van der Waals surface area (Å²) in [5.41, 5.74) is 9.12. The molecule has 1 aromatic carbocycles. The predicted octanol–water partition coefficient (Wildman–Crippen LogP) is 4.41. The number of ether oxygens (including phenoxy) is 1. The van der Waals surface area contributed by atoms with Gasteiger partial charge >= 0.3 is 0 Å². The minimum absolute atomic E-state index is 0.383. The number of hydrogen-bond acceptors (Lipinski definition) is 6. The predicted molar refractivity (Wildman–Crippen MR) is 143 cm³/mol. The third-order valence-corrected chi connectivity index (χ3v) is 8.09. The standard InChI is InChI=1S/C29H35N7O/c1-20(2)34-10-6-27-26(19-34)29(32-36(27)25-7-11-37-12-8-25)35-9-4-5-22-14-23(24(16-30)15-28(22)35)13-21-17-31-33(3)18-21/h14-15,17-18,25H,1,4-13,19H2,2-3H3. The van der Waals surface area contributed by atoms with Crippen LogP contribution >= 0.6 is 0 Å². The van der Waals surface area contributed by atoms with E-state index in [4.69, 9.17) is 9.84 Å². The van der Waals surface area contributed by atoms with Crippen molar-refractivity contribution in [1.82, 2.24) is 24.5 Å². The lowest BCUT2D eigenvalue weighted by Crippen LogP contribution is -2.32. The average Bonchev–Trinajstić information content (AvgIpc) is 3.51. The van der Waals surface area contributed by atoms with Crippen LogP contribution in [0.2, 0.25) is 0 Å². The minimum Gasteiger partial charge on any atom is -0.381 e. The molecule has 0 radical (unpaired) electrons. The second-order valence-electron chi connectivity index (χ2n) is 10.6. The van der Waals surface area contributed by atoms with Gasteiger partial charge in [0.25, 0.3) is 0 Å². The molecule has 8 heteroatoms. The Bertz CT molecular complexity index is 1370. The van der Waals surface area contributed by atoms with Crippen molar-refractivity contribution in [2.75, 3.05) is 31.2 Å². The van der Waals surface area contributed by atoms with Crippen molar-refractivity contribution >= 4 is 11.5 Å². The van der Waals surface area contributed by atoms with Gasteiger partial charge in [0.2, 0.25) is 0 Å². The molecule has 1 fully saturated rings. The van der Waals surface area contributed by atoms with Crippen LogP contribution in [0.15, 0.2) is 36.8 Å². The molecule has 6 rings (SSSR count). The number of benzene rings is 1. The topological polar surface area (TPSA) is 75.1 Å². The Kier molecular flexibility index (Phi) is 6.25. The molecule has 192 valence electrons. The van der Waals surface area contributed by atoms with Gasteiger partial charge in [-0.2, -0.15) is 15.5 Å². The Morgan fingerprint density at radius 2 is 2.05 bits per heavy atom. The smallest absolute Gasteiger partial charge is 0.160 e. The SMILES string of the molecule is C=C(C)N1CCc2c(c(N3CCCc4cc(Cc5cnn(C)c5)c(C#N)cc43)nn2C2CCOCC2)C1. The molecular weight excluding hydrogens is 462 g/mol. The highest BCUT2D eigenvalue weighted by atomic mass is 16.5. The van der Waals surface area contributed by atoms with Crippen LogP contribution in [0.25, 0.3) is 0 Å². The zero-order valence-electron chi connectivity index (χ0n) is 21.9. The van der Waals surface area contributed by atoms with E-state index >= 15 is 0 Å². The van der Waals surface area contributed by atoms with Crippen LogP contribution in [-0.4, -0.2) is 50.8 Å². The third-order valence-electron chi connectivity index (χ3n) is 8.09. The van der Waals surface area contributed by atoms with E-state index in [9.17, 15) is 5.26 Å². The van der Waals surface area contributed by atoms with E-state index in [-0.39, 0.29) is 0 Å². The van der Waals surface area contributed by atoms with Gasteiger partial charge in [0.05, 0.1) is 23.9 Å². The van der Waals surface area contributed by atoms with Crippen LogP contribution in [0.3, 0.4) is 0 Å². The summed E-state index contributed by atoms with van der Waals surface area (Å²) in [5.74, 6) is 1.05. The van der Waals surface area contributed by atoms with Crippen molar-refractivity contribution in [3.05, 3.63) is 70.3 Å². The zero-order chi connectivity index (χ0) is 25.5. The summed E-state index contributed by atoms with van der Waals surface area (Å²) in [6.45, 7) is 10.6. The first-order valence-corrected chi connectivity index (χ1v) is 13.4. The Labute approximate surface area is 218 Å². The Morgan fingerprint density at radius 1 is 1.22 bits per heavy atom. The number of anilines is 2. The van der Waals surface area contributed by atoms with Gasteiger partial charge in [0, 0.05) is 81.6 Å². The molecule has 3 aliphatic rings. The molecule has 0 aliphatic carbocycles. The highest BCUT2D eigenvalue weighted by Gasteiger charge is 2.33. The van der Waals surface area contributed by atoms with Crippen molar-refractivity contribution in [3.8, 4) is 6.07 Å². The fourth-order valence-corrected chi connectivity index (χ4v) is 6.14. The van der Waals surface area contributed by atoms with Crippen LogP contribution in [0.5, 0.6) is 0 Å². The number of aromatic nitrogens is 4. The molecule has 8 nitrogen and oxygen atoms in total. The summed E-state index contributed by atoms with van der Waals surface area (Å²) in [7, 11) is 1.93. The van der Waals surface area contributed by atoms with Gasteiger partial charge in [0.15, 0.2) is 5.82 Å². The minimum atomic E-state index is 0.383. The van der Waals surface area contributed by atoms with Gasteiger partial charge < -0.3 is 14.5 Å². The van der Waals surface area contributed by atoms with Gasteiger partial charge in [-0.3, -0.25) is 9.36 Å². The molecule has 0 N–H and O–H groups in total. The molecule has 0 atom stereocenters. The number of nitriles is 1. The second kappa shape index (κ2) is 9.71. The maximum atomic E-state index is 10.1. The van der Waals surface area contributed by atoms with Crippen molar-refractivity contribution < 1.29 is 4.74 Å². The number of aryl methyl sites for hydroxylation is 2. The van der Waals surface area contributed by atoms with Crippen molar-refractivity contribution in [1.29, 1.82) is 5.26 Å². The summed E-state index contributed by atoms with van der Waals surface area (Å²) >= 11 is 0. The molecule has 1 saturated heterocycles. The Morgan fingerprint density at radius 3 is 2.78 bits per heavy atom. The maximum absolute atomic E-state index is 10.1. The second-order valence-corrected chi connectivity index (χ2v) is 10.6. The van der Waals surface area contributed by atoms with E-state index in [0.29, 0.717) is 12.5 Å². The monoisotopic (exact) mass is 497 g/mol. The van der Waals surface area contributed by atoms with E-state index in [1.165, 1.54) is 16.8 Å². The Balaban J connectivity index is 1.42. The van der Waals surface area contributed by atoms with E-state index in [2.05, 4.69) is 51.3 Å². The van der Waals surface area contributed by atoms with E-state index in [1.807, 2.05) is 24.1 Å². The quantitative estimate of drug-likeness (QED) is 0.520. The molecule has 2 aromatic heterocycles. The summed E-state index contributed by atoms with van der Waals surface area (Å²) in [5, 5.41) is 19.7. The maximum Gasteiger partial charge on any atom is 0.160 e. The van der Waals surface area contributed by atoms with E-state index in [1.54, 1.807) is 0 Å². The Hall–Kier alpha value is -3.57. The lowest BCUT2D eigenvalue weighted by Gasteiger charge is -2.34. The lowest BCUT2D eigenvalue weighted by atomic mass is 9.93. The fourth-order valence-electron chi connectivity index (χ4n) is 6.14. The largest absolute Gasteiger partial charge is 0.381 e. The molecule has 0 saturated carbocycles. The van der Waals surface area contributed by atoms with Gasteiger partial charge in [-0.25, -0.2) is 0 Å². The first-order valence-electron chi connectivity index (χ1n) is 13.4. The molecule has 0 bridgehead atoms. The number of hydrogen-bond donors (Lipinski definition) is 0. The van der Waals surface area contributed by atoms with Gasteiger partial charge in [-0.15, -0.1) is 0 Å². The first-order chi connectivity index (χ1) is 18.0. The van der Waals surface area contributed by atoms with Gasteiger partial charge in [0.1, 0.15) is 0 Å². The van der Waals surface area contributed by atoms with Crippen molar-refractivity contribution in [2.45, 2.75) is 58.0 Å². The molecule has 5 heterocycles. The van der Waals surface area contributed by atoms with Crippen LogP contribution < -0.4 is 4.90 Å². The highest BCUT2D eigenvalue weighted by Crippen LogP contribution is 2.41. The van der Waals surface area contributed by atoms with Crippen LogP contribution in [0.1, 0.15) is 65.7 Å². The number of nitrogens with zero attached hydrogens (tertiary/aromatic N) is 7. The molecular formula is C29H35N7O. The van der Waals surface area contributed by atoms with Crippen LogP contribution in [0.4, 0.5) is 11.5 Å². The highest BCUT2D eigenvalue weighted by molar-refractivity contribution is 5.71. The molecule has 0 unspecified atom stereocenters. The average molecular weight is 498 g/mol. The normalized spacial score (nSPS) is 17.9. The van der Waals surface area contributed by atoms with Crippen molar-refractivity contribution in [2.24, 2.45) is 7.05 Å². The number of rotatable bonds is 5. The zero-order valence-corrected chi connectivity index (χ0v) is 21.9. The number of allylic oxidation sites excluding steroid dienone is 1.